The number of nitrogens with one attached hydrogen (secondary N) is 1. The maximum absolute atomic E-state index is 12.3. The Bertz CT molecular complexity index is 689. The predicted octanol–water partition coefficient (Wildman–Crippen LogP) is 3.25. The lowest BCUT2D eigenvalue weighted by Crippen LogP contribution is -2.16. The van der Waals surface area contributed by atoms with Crippen molar-refractivity contribution in [2.75, 3.05) is 5.32 Å². The lowest BCUT2D eigenvalue weighted by Gasteiger charge is -2.08. The molecule has 1 N–H and O–H groups in total. The second kappa shape index (κ2) is 5.71. The van der Waals surface area contributed by atoms with Crippen molar-refractivity contribution in [3.8, 4) is 0 Å². The normalized spacial score (nSPS) is 10.4. The Kier molecular flexibility index (Phi) is 3.60. The molecule has 0 aliphatic heterocycles. The summed E-state index contributed by atoms with van der Waals surface area (Å²) in [5, 5.41) is 4.91. The lowest BCUT2D eigenvalue weighted by molar-refractivity contribution is 0.101. The average Bonchev–Trinajstić information content (AvgIpc) is 3.12. The number of hydrogen-bond acceptors (Lipinski definition) is 3. The number of thiophene rings is 1. The molecule has 0 aliphatic carbocycles. The quantitative estimate of drug-likeness (QED) is 0.799. The molecule has 0 atom stereocenters. The SMILES string of the molecule is O=C(Nc1ccncc1)c1cccn1Cc1cccs1. The van der Waals surface area contributed by atoms with E-state index < -0.39 is 0 Å². The zero-order chi connectivity index (χ0) is 13.8. The Morgan fingerprint density at radius 1 is 1.20 bits per heavy atom. The van der Waals surface area contributed by atoms with E-state index in [1.165, 1.54) is 4.88 Å². The largest absolute Gasteiger partial charge is 0.338 e. The van der Waals surface area contributed by atoms with Crippen molar-refractivity contribution in [3.63, 3.8) is 0 Å². The van der Waals surface area contributed by atoms with Crippen LogP contribution in [-0.2, 0) is 6.54 Å². The van der Waals surface area contributed by atoms with Crippen LogP contribution in [0.5, 0.6) is 0 Å². The zero-order valence-corrected chi connectivity index (χ0v) is 11.5. The number of hydrogen-bond donors (Lipinski definition) is 1. The summed E-state index contributed by atoms with van der Waals surface area (Å²) in [4.78, 5) is 17.4. The van der Waals surface area contributed by atoms with Crippen molar-refractivity contribution in [3.05, 3.63) is 70.9 Å². The Morgan fingerprint density at radius 2 is 2.05 bits per heavy atom. The molecule has 0 saturated carbocycles. The number of amides is 1. The van der Waals surface area contributed by atoms with E-state index in [2.05, 4.69) is 16.4 Å². The summed E-state index contributed by atoms with van der Waals surface area (Å²) in [6.45, 7) is 0.712. The Balaban J connectivity index is 1.77. The molecular formula is C15H13N3OS. The highest BCUT2D eigenvalue weighted by molar-refractivity contribution is 7.09. The minimum atomic E-state index is -0.113. The molecule has 1 amide bonds. The molecule has 0 aromatic carbocycles. The van der Waals surface area contributed by atoms with Gasteiger partial charge in [0.2, 0.25) is 0 Å². The van der Waals surface area contributed by atoms with Crippen LogP contribution in [0.15, 0.2) is 60.4 Å². The van der Waals surface area contributed by atoms with Crippen LogP contribution in [0.2, 0.25) is 0 Å². The van der Waals surface area contributed by atoms with E-state index in [0.717, 1.165) is 5.69 Å². The predicted molar refractivity (Wildman–Crippen MR) is 80.0 cm³/mol. The van der Waals surface area contributed by atoms with Crippen molar-refractivity contribution in [1.82, 2.24) is 9.55 Å². The third kappa shape index (κ3) is 2.78. The summed E-state index contributed by atoms with van der Waals surface area (Å²) < 4.78 is 1.95. The number of nitrogens with zero attached hydrogens (tertiary/aromatic N) is 2. The number of carbonyl (C=O) groups excluding carboxylic acids is 1. The van der Waals surface area contributed by atoms with Crippen LogP contribution < -0.4 is 5.32 Å². The molecule has 0 bridgehead atoms. The van der Waals surface area contributed by atoms with Crippen molar-refractivity contribution in [2.24, 2.45) is 0 Å². The zero-order valence-electron chi connectivity index (χ0n) is 10.7. The molecule has 3 rings (SSSR count). The molecule has 0 fully saturated rings. The summed E-state index contributed by atoms with van der Waals surface area (Å²) in [7, 11) is 0. The minimum absolute atomic E-state index is 0.113. The van der Waals surface area contributed by atoms with Gasteiger partial charge < -0.3 is 9.88 Å². The van der Waals surface area contributed by atoms with Crippen LogP contribution >= 0.6 is 11.3 Å². The van der Waals surface area contributed by atoms with E-state index in [1.807, 2.05) is 34.3 Å². The topological polar surface area (TPSA) is 46.9 Å². The maximum atomic E-state index is 12.3. The van der Waals surface area contributed by atoms with Gasteiger partial charge in [-0.2, -0.15) is 0 Å². The van der Waals surface area contributed by atoms with Gasteiger partial charge in [0.25, 0.3) is 5.91 Å². The van der Waals surface area contributed by atoms with Crippen molar-refractivity contribution in [2.45, 2.75) is 6.54 Å². The lowest BCUT2D eigenvalue weighted by atomic mass is 10.3. The van der Waals surface area contributed by atoms with Gasteiger partial charge in [-0.3, -0.25) is 9.78 Å². The second-order valence-electron chi connectivity index (χ2n) is 4.29. The fraction of sp³-hybridized carbons (Fsp3) is 0.0667. The molecule has 5 heteroatoms. The first-order valence-electron chi connectivity index (χ1n) is 6.22. The molecule has 0 unspecified atom stereocenters. The number of pyridine rings is 1. The smallest absolute Gasteiger partial charge is 0.272 e. The van der Waals surface area contributed by atoms with Crippen LogP contribution in [0.1, 0.15) is 15.4 Å². The number of anilines is 1. The van der Waals surface area contributed by atoms with Crippen LogP contribution in [0.25, 0.3) is 0 Å². The molecule has 100 valence electrons. The fourth-order valence-electron chi connectivity index (χ4n) is 1.96. The molecule has 4 nitrogen and oxygen atoms in total. The summed E-state index contributed by atoms with van der Waals surface area (Å²) >= 11 is 1.68. The van der Waals surface area contributed by atoms with Gasteiger partial charge in [-0.1, -0.05) is 6.07 Å². The van der Waals surface area contributed by atoms with Gasteiger partial charge in [-0.15, -0.1) is 11.3 Å². The molecule has 0 aliphatic rings. The average molecular weight is 283 g/mol. The molecule has 3 heterocycles. The van der Waals surface area contributed by atoms with E-state index in [1.54, 1.807) is 35.9 Å². The summed E-state index contributed by atoms with van der Waals surface area (Å²) in [6, 6.07) is 11.3. The highest BCUT2D eigenvalue weighted by Crippen LogP contribution is 2.14. The van der Waals surface area contributed by atoms with E-state index in [0.29, 0.717) is 12.2 Å². The first-order chi connectivity index (χ1) is 9.83. The molecule has 0 saturated heterocycles. The number of aromatic nitrogens is 2. The van der Waals surface area contributed by atoms with Crippen LogP contribution in [0.4, 0.5) is 5.69 Å². The Labute approximate surface area is 120 Å². The molecule has 20 heavy (non-hydrogen) atoms. The van der Waals surface area contributed by atoms with E-state index in [9.17, 15) is 4.79 Å². The maximum Gasteiger partial charge on any atom is 0.272 e. The van der Waals surface area contributed by atoms with Gasteiger partial charge >= 0.3 is 0 Å². The first-order valence-corrected chi connectivity index (χ1v) is 7.10. The highest BCUT2D eigenvalue weighted by atomic mass is 32.1. The van der Waals surface area contributed by atoms with Gasteiger partial charge in [0, 0.05) is 29.2 Å². The van der Waals surface area contributed by atoms with Crippen molar-refractivity contribution in [1.29, 1.82) is 0 Å². The van der Waals surface area contributed by atoms with E-state index in [4.69, 9.17) is 0 Å². The second-order valence-corrected chi connectivity index (χ2v) is 5.32. The first kappa shape index (κ1) is 12.6. The third-order valence-corrected chi connectivity index (χ3v) is 3.77. The van der Waals surface area contributed by atoms with Gasteiger partial charge in [0.1, 0.15) is 5.69 Å². The van der Waals surface area contributed by atoms with E-state index in [-0.39, 0.29) is 5.91 Å². The van der Waals surface area contributed by atoms with Crippen LogP contribution in [-0.4, -0.2) is 15.5 Å². The molecule has 3 aromatic rings. The van der Waals surface area contributed by atoms with Gasteiger partial charge in [-0.25, -0.2) is 0 Å². The van der Waals surface area contributed by atoms with Crippen molar-refractivity contribution < 1.29 is 4.79 Å². The summed E-state index contributed by atoms with van der Waals surface area (Å²) in [5.41, 5.74) is 1.39. The highest BCUT2D eigenvalue weighted by Gasteiger charge is 2.11. The molecular weight excluding hydrogens is 270 g/mol. The van der Waals surface area contributed by atoms with Crippen molar-refractivity contribution >= 4 is 22.9 Å². The van der Waals surface area contributed by atoms with Crippen LogP contribution in [0.3, 0.4) is 0 Å². The van der Waals surface area contributed by atoms with E-state index >= 15 is 0 Å². The number of carbonyl (C=O) groups is 1. The Hall–Kier alpha value is -2.40. The molecule has 0 radical (unpaired) electrons. The van der Waals surface area contributed by atoms with Gasteiger partial charge in [-0.05, 0) is 35.7 Å². The van der Waals surface area contributed by atoms with Gasteiger partial charge in [0.15, 0.2) is 0 Å². The van der Waals surface area contributed by atoms with Gasteiger partial charge in [0.05, 0.1) is 6.54 Å². The monoisotopic (exact) mass is 283 g/mol. The summed E-state index contributed by atoms with van der Waals surface area (Å²) in [6.07, 6.45) is 5.22. The third-order valence-electron chi connectivity index (χ3n) is 2.91. The number of rotatable bonds is 4. The standard InChI is InChI=1S/C15H13N3OS/c19-15(17-12-5-7-16-8-6-12)14-4-1-9-18(14)11-13-3-2-10-20-13/h1-10H,11H2,(H,16,17,19). The molecule has 3 aromatic heterocycles. The Morgan fingerprint density at radius 3 is 2.80 bits per heavy atom. The molecule has 0 spiro atoms. The fourth-order valence-corrected chi connectivity index (χ4v) is 2.66. The minimum Gasteiger partial charge on any atom is -0.338 e. The summed E-state index contributed by atoms with van der Waals surface area (Å²) in [5.74, 6) is -0.113. The van der Waals surface area contributed by atoms with Crippen LogP contribution in [0, 0.1) is 0 Å².